The van der Waals surface area contributed by atoms with E-state index in [0.717, 1.165) is 50.5 Å². The lowest BCUT2D eigenvalue weighted by atomic mass is 9.68. The number of allylic oxidation sites excluding steroid dienone is 1. The monoisotopic (exact) mass is 278 g/mol. The molecule has 2 heteroatoms. The first-order valence-electron chi connectivity index (χ1n) is 8.37. The Bertz CT molecular complexity index is 369. The van der Waals surface area contributed by atoms with Crippen molar-refractivity contribution < 1.29 is 9.53 Å². The van der Waals surface area contributed by atoms with Crippen LogP contribution in [0.4, 0.5) is 0 Å². The highest BCUT2D eigenvalue weighted by atomic mass is 16.5. The van der Waals surface area contributed by atoms with Crippen molar-refractivity contribution in [1.29, 1.82) is 0 Å². The van der Waals surface area contributed by atoms with Crippen LogP contribution in [-0.2, 0) is 9.53 Å². The van der Waals surface area contributed by atoms with Gasteiger partial charge in [0.2, 0.25) is 0 Å². The number of rotatable bonds is 4. The van der Waals surface area contributed by atoms with E-state index >= 15 is 0 Å². The Labute approximate surface area is 124 Å². The quantitative estimate of drug-likeness (QED) is 0.737. The first kappa shape index (κ1) is 15.8. The van der Waals surface area contributed by atoms with E-state index in [0.29, 0.717) is 17.8 Å². The maximum atomic E-state index is 13.0. The molecule has 2 aliphatic rings. The van der Waals surface area contributed by atoms with Crippen LogP contribution >= 0.6 is 0 Å². The topological polar surface area (TPSA) is 26.3 Å². The Morgan fingerprint density at radius 3 is 2.50 bits per heavy atom. The summed E-state index contributed by atoms with van der Waals surface area (Å²) in [6, 6.07) is 0. The normalized spacial score (nSPS) is 25.6. The number of carbonyl (C=O) groups excluding carboxylic acids is 1. The van der Waals surface area contributed by atoms with Crippen LogP contribution in [-0.4, -0.2) is 18.0 Å². The highest BCUT2D eigenvalue weighted by molar-refractivity contribution is 6.02. The van der Waals surface area contributed by atoms with Gasteiger partial charge in [-0.3, -0.25) is 4.79 Å². The first-order chi connectivity index (χ1) is 9.49. The molecule has 0 saturated heterocycles. The Balaban J connectivity index is 2.15. The Kier molecular flexibility index (Phi) is 5.06. The van der Waals surface area contributed by atoms with Gasteiger partial charge in [0.05, 0.1) is 0 Å². The van der Waals surface area contributed by atoms with E-state index in [1.807, 2.05) is 6.92 Å². The highest BCUT2D eigenvalue weighted by Crippen LogP contribution is 2.44. The van der Waals surface area contributed by atoms with E-state index < -0.39 is 5.60 Å². The Hall–Kier alpha value is -0.630. The molecular weight excluding hydrogens is 248 g/mol. The molecule has 0 aliphatic heterocycles. The molecule has 0 aromatic carbocycles. The zero-order valence-electron chi connectivity index (χ0n) is 13.5. The van der Waals surface area contributed by atoms with Gasteiger partial charge in [-0.15, -0.1) is 0 Å². The van der Waals surface area contributed by atoms with E-state index in [9.17, 15) is 4.79 Å². The van der Waals surface area contributed by atoms with E-state index in [1.165, 1.54) is 12.8 Å². The molecule has 0 amide bonds. The molecular formula is C18H30O2. The smallest absolute Gasteiger partial charge is 0.190 e. The lowest BCUT2D eigenvalue weighted by molar-refractivity contribution is -0.148. The minimum absolute atomic E-state index is 0.303. The van der Waals surface area contributed by atoms with Gasteiger partial charge in [0.1, 0.15) is 5.60 Å². The molecule has 0 heterocycles. The van der Waals surface area contributed by atoms with Crippen LogP contribution < -0.4 is 0 Å². The van der Waals surface area contributed by atoms with E-state index in [-0.39, 0.29) is 0 Å². The SMILES string of the molecule is CCOC1(C(=O)C2=CCCCCC2)CCC(C)(C)CC1. The average molecular weight is 278 g/mol. The van der Waals surface area contributed by atoms with Gasteiger partial charge in [-0.1, -0.05) is 26.3 Å². The molecule has 0 bridgehead atoms. The molecule has 20 heavy (non-hydrogen) atoms. The summed E-state index contributed by atoms with van der Waals surface area (Å²) in [5.74, 6) is 0.303. The molecule has 0 spiro atoms. The Morgan fingerprint density at radius 2 is 1.85 bits per heavy atom. The minimum Gasteiger partial charge on any atom is -0.367 e. The van der Waals surface area contributed by atoms with Gasteiger partial charge in [0, 0.05) is 6.61 Å². The largest absolute Gasteiger partial charge is 0.367 e. The third kappa shape index (κ3) is 3.52. The summed E-state index contributed by atoms with van der Waals surface area (Å²) in [5, 5.41) is 0. The number of hydrogen-bond donors (Lipinski definition) is 0. The van der Waals surface area contributed by atoms with Gasteiger partial charge in [0.15, 0.2) is 5.78 Å². The maximum Gasteiger partial charge on any atom is 0.190 e. The summed E-state index contributed by atoms with van der Waals surface area (Å²) < 4.78 is 6.03. The fraction of sp³-hybridized carbons (Fsp3) is 0.833. The standard InChI is InChI=1S/C18H30O2/c1-4-20-18(13-11-17(2,3)12-14-18)16(19)15-9-7-5-6-8-10-15/h9H,4-8,10-14H2,1-3H3. The van der Waals surface area contributed by atoms with Crippen LogP contribution in [0.5, 0.6) is 0 Å². The lowest BCUT2D eigenvalue weighted by Crippen LogP contribution is -2.47. The van der Waals surface area contributed by atoms with Gasteiger partial charge in [-0.25, -0.2) is 0 Å². The summed E-state index contributed by atoms with van der Waals surface area (Å²) in [4.78, 5) is 13.0. The molecule has 2 aliphatic carbocycles. The van der Waals surface area contributed by atoms with Gasteiger partial charge >= 0.3 is 0 Å². The van der Waals surface area contributed by atoms with Crippen molar-refractivity contribution in [3.63, 3.8) is 0 Å². The summed E-state index contributed by atoms with van der Waals surface area (Å²) >= 11 is 0. The number of carbonyl (C=O) groups is 1. The van der Waals surface area contributed by atoms with Crippen molar-refractivity contribution in [2.75, 3.05) is 6.61 Å². The van der Waals surface area contributed by atoms with Gasteiger partial charge in [0.25, 0.3) is 0 Å². The average Bonchev–Trinajstić information content (AvgIpc) is 2.70. The van der Waals surface area contributed by atoms with Crippen LogP contribution in [0.15, 0.2) is 11.6 Å². The fourth-order valence-corrected chi connectivity index (χ4v) is 3.56. The third-order valence-corrected chi connectivity index (χ3v) is 5.08. The van der Waals surface area contributed by atoms with E-state index in [4.69, 9.17) is 4.74 Å². The summed E-state index contributed by atoms with van der Waals surface area (Å²) in [7, 11) is 0. The zero-order chi connectivity index (χ0) is 14.6. The van der Waals surface area contributed by atoms with E-state index in [2.05, 4.69) is 19.9 Å². The van der Waals surface area contributed by atoms with Crippen LogP contribution in [0, 0.1) is 5.41 Å². The molecule has 2 nitrogen and oxygen atoms in total. The summed E-state index contributed by atoms with van der Waals surface area (Å²) in [5.41, 5.74) is 0.898. The van der Waals surface area contributed by atoms with Crippen molar-refractivity contribution >= 4 is 5.78 Å². The zero-order valence-corrected chi connectivity index (χ0v) is 13.5. The van der Waals surface area contributed by atoms with Gasteiger partial charge in [-0.2, -0.15) is 0 Å². The molecule has 1 saturated carbocycles. The fourth-order valence-electron chi connectivity index (χ4n) is 3.56. The molecule has 114 valence electrons. The van der Waals surface area contributed by atoms with Crippen LogP contribution in [0.1, 0.15) is 78.6 Å². The van der Waals surface area contributed by atoms with Crippen LogP contribution in [0.25, 0.3) is 0 Å². The molecule has 0 unspecified atom stereocenters. The predicted molar refractivity (Wildman–Crippen MR) is 82.8 cm³/mol. The van der Waals surface area contributed by atoms with Gasteiger partial charge < -0.3 is 4.74 Å². The Morgan fingerprint density at radius 1 is 1.15 bits per heavy atom. The number of hydrogen-bond acceptors (Lipinski definition) is 2. The molecule has 0 N–H and O–H groups in total. The summed E-state index contributed by atoms with van der Waals surface area (Å²) in [6.45, 7) is 7.26. The third-order valence-electron chi connectivity index (χ3n) is 5.08. The van der Waals surface area contributed by atoms with Gasteiger partial charge in [-0.05, 0) is 69.3 Å². The molecule has 0 atom stereocenters. The van der Waals surface area contributed by atoms with Crippen molar-refractivity contribution in [2.45, 2.75) is 84.2 Å². The van der Waals surface area contributed by atoms with Crippen molar-refractivity contribution in [3.8, 4) is 0 Å². The van der Waals surface area contributed by atoms with Crippen LogP contribution in [0.3, 0.4) is 0 Å². The van der Waals surface area contributed by atoms with Crippen molar-refractivity contribution in [3.05, 3.63) is 11.6 Å². The van der Waals surface area contributed by atoms with Crippen LogP contribution in [0.2, 0.25) is 0 Å². The lowest BCUT2D eigenvalue weighted by Gasteiger charge is -2.42. The number of Topliss-reactive ketones (excluding diaryl/α,β-unsaturated/α-hetero) is 1. The highest BCUT2D eigenvalue weighted by Gasteiger charge is 2.45. The van der Waals surface area contributed by atoms with E-state index in [1.54, 1.807) is 0 Å². The maximum absolute atomic E-state index is 13.0. The molecule has 2 rings (SSSR count). The minimum atomic E-state index is -0.513. The second kappa shape index (κ2) is 6.43. The molecule has 0 aromatic rings. The molecule has 0 aromatic heterocycles. The second-order valence-corrected chi connectivity index (χ2v) is 7.25. The number of ether oxygens (including phenoxy) is 1. The summed E-state index contributed by atoms with van der Waals surface area (Å²) in [6.07, 6.45) is 11.8. The second-order valence-electron chi connectivity index (χ2n) is 7.25. The van der Waals surface area contributed by atoms with Crippen molar-refractivity contribution in [1.82, 2.24) is 0 Å². The molecule has 0 radical (unpaired) electrons. The predicted octanol–water partition coefficient (Wildman–Crippen LogP) is 4.82. The first-order valence-corrected chi connectivity index (χ1v) is 8.37. The van der Waals surface area contributed by atoms with Crippen molar-refractivity contribution in [2.24, 2.45) is 5.41 Å². The number of ketones is 1. The molecule has 1 fully saturated rings.